The minimum absolute atomic E-state index is 0.840. The molecule has 2 saturated heterocycles. The quantitative estimate of drug-likeness (QED) is 0.688. The first-order valence-electron chi connectivity index (χ1n) is 7.54. The molecular weight excluding hydrogens is 224 g/mol. The monoisotopic (exact) mass is 255 g/mol. The van der Waals surface area contributed by atoms with Crippen molar-refractivity contribution in [1.82, 2.24) is 14.8 Å². The lowest BCUT2D eigenvalue weighted by Crippen LogP contribution is -2.60. The van der Waals surface area contributed by atoms with Crippen LogP contribution in [0, 0.1) is 0 Å². The van der Waals surface area contributed by atoms with Gasteiger partial charge in [0, 0.05) is 45.3 Å². The van der Waals surface area contributed by atoms with E-state index in [2.05, 4.69) is 42.9 Å². The summed E-state index contributed by atoms with van der Waals surface area (Å²) in [7, 11) is 6.90. The van der Waals surface area contributed by atoms with E-state index in [1.165, 1.54) is 58.7 Å². The Bertz CT molecular complexity index is 251. The molecule has 2 heterocycles. The molecule has 2 aliphatic rings. The first-order chi connectivity index (χ1) is 8.53. The van der Waals surface area contributed by atoms with Crippen molar-refractivity contribution in [2.45, 2.75) is 25.8 Å². The molecule has 0 aromatic heterocycles. The Morgan fingerprint density at radius 1 is 0.944 bits per heavy atom. The molecule has 0 aromatic rings. The van der Waals surface area contributed by atoms with Crippen LogP contribution in [0.25, 0.3) is 0 Å². The maximum Gasteiger partial charge on any atom is 0.0931 e. The molecule has 0 atom stereocenters. The Balaban J connectivity index is 1.80. The van der Waals surface area contributed by atoms with Crippen LogP contribution in [0.15, 0.2) is 0 Å². The minimum Gasteiger partial charge on any atom is -0.304 e. The van der Waals surface area contributed by atoms with E-state index in [1.54, 1.807) is 0 Å². The molecule has 2 fully saturated rings. The van der Waals surface area contributed by atoms with Gasteiger partial charge in [-0.3, -0.25) is 4.90 Å². The summed E-state index contributed by atoms with van der Waals surface area (Å²) in [6.45, 7) is 11.0. The number of rotatable bonds is 3. The number of piperidine rings is 1. The Morgan fingerprint density at radius 3 is 2.00 bits per heavy atom. The highest BCUT2D eigenvalue weighted by Gasteiger charge is 2.32. The molecule has 0 radical (unpaired) electrons. The second-order valence-electron chi connectivity index (χ2n) is 6.46. The predicted octanol–water partition coefficient (Wildman–Crippen LogP) is 0.710. The fourth-order valence-corrected chi connectivity index (χ4v) is 3.15. The van der Waals surface area contributed by atoms with Crippen LogP contribution in [-0.4, -0.2) is 92.4 Å². The Hall–Kier alpha value is -0.160. The summed E-state index contributed by atoms with van der Waals surface area (Å²) in [5.74, 6) is 0. The second-order valence-corrected chi connectivity index (χ2v) is 6.46. The molecule has 18 heavy (non-hydrogen) atoms. The average Bonchev–Trinajstić information content (AvgIpc) is 2.40. The van der Waals surface area contributed by atoms with E-state index in [4.69, 9.17) is 0 Å². The largest absolute Gasteiger partial charge is 0.304 e. The summed E-state index contributed by atoms with van der Waals surface area (Å²) in [6, 6.07) is 0.840. The Morgan fingerprint density at radius 2 is 1.50 bits per heavy atom. The molecule has 0 saturated carbocycles. The standard InChI is InChI=1S/C14H31N4/c1-5-18(3,4)17-8-6-14(7-9-17)16-12-10-15(2)11-13-16/h14H,5-13H2,1-4H3/q+1. The number of quaternary nitrogens is 1. The zero-order valence-electron chi connectivity index (χ0n) is 12.7. The van der Waals surface area contributed by atoms with Crippen molar-refractivity contribution in [3.05, 3.63) is 0 Å². The van der Waals surface area contributed by atoms with Gasteiger partial charge in [-0.2, -0.15) is 5.01 Å². The number of hydrogen-bond acceptors (Lipinski definition) is 3. The molecule has 0 unspecified atom stereocenters. The van der Waals surface area contributed by atoms with Crippen LogP contribution in [0.1, 0.15) is 19.8 Å². The van der Waals surface area contributed by atoms with Gasteiger partial charge in [0.05, 0.1) is 20.6 Å². The molecule has 2 aliphatic heterocycles. The van der Waals surface area contributed by atoms with E-state index in [0.29, 0.717) is 0 Å². The zero-order valence-corrected chi connectivity index (χ0v) is 12.7. The molecule has 0 aliphatic carbocycles. The van der Waals surface area contributed by atoms with E-state index >= 15 is 0 Å². The maximum absolute atomic E-state index is 2.73. The first kappa shape index (κ1) is 14.3. The number of likely N-dealkylation sites (N-methyl/N-ethyl adjacent to an activating group) is 1. The van der Waals surface area contributed by atoms with Gasteiger partial charge in [0.2, 0.25) is 0 Å². The summed E-state index contributed by atoms with van der Waals surface area (Å²) < 4.78 is 1.05. The van der Waals surface area contributed by atoms with Crippen molar-refractivity contribution in [3.8, 4) is 0 Å². The Labute approximate surface area is 113 Å². The van der Waals surface area contributed by atoms with Gasteiger partial charge < -0.3 is 4.90 Å². The van der Waals surface area contributed by atoms with Crippen LogP contribution in [0.5, 0.6) is 0 Å². The van der Waals surface area contributed by atoms with E-state index in [1.807, 2.05) is 0 Å². The normalized spacial score (nSPS) is 26.7. The van der Waals surface area contributed by atoms with Gasteiger partial charge in [-0.05, 0) is 26.8 Å². The lowest BCUT2D eigenvalue weighted by atomic mass is 10.0. The fraction of sp³-hybridized carbons (Fsp3) is 1.00. The van der Waals surface area contributed by atoms with Gasteiger partial charge in [0.15, 0.2) is 0 Å². The van der Waals surface area contributed by atoms with Crippen molar-refractivity contribution in [2.75, 3.05) is 67.0 Å². The van der Waals surface area contributed by atoms with E-state index in [9.17, 15) is 0 Å². The van der Waals surface area contributed by atoms with Crippen LogP contribution in [0.2, 0.25) is 0 Å². The van der Waals surface area contributed by atoms with Gasteiger partial charge >= 0.3 is 0 Å². The summed E-state index contributed by atoms with van der Waals surface area (Å²) in [5.41, 5.74) is 0. The third-order valence-electron chi connectivity index (χ3n) is 5.03. The van der Waals surface area contributed by atoms with Crippen molar-refractivity contribution in [2.24, 2.45) is 0 Å². The van der Waals surface area contributed by atoms with E-state index in [-0.39, 0.29) is 0 Å². The van der Waals surface area contributed by atoms with Crippen molar-refractivity contribution < 1.29 is 4.59 Å². The molecule has 106 valence electrons. The molecule has 0 spiro atoms. The molecule has 0 aromatic carbocycles. The summed E-state index contributed by atoms with van der Waals surface area (Å²) in [5, 5.41) is 2.63. The summed E-state index contributed by atoms with van der Waals surface area (Å²) >= 11 is 0. The van der Waals surface area contributed by atoms with Crippen LogP contribution in [0.4, 0.5) is 0 Å². The van der Waals surface area contributed by atoms with Crippen LogP contribution < -0.4 is 0 Å². The molecule has 0 bridgehead atoms. The highest BCUT2D eigenvalue weighted by atomic mass is 15.7. The minimum atomic E-state index is 0.840. The average molecular weight is 255 g/mol. The Kier molecular flexibility index (Phi) is 4.64. The van der Waals surface area contributed by atoms with Crippen LogP contribution >= 0.6 is 0 Å². The molecule has 0 amide bonds. The molecule has 0 N–H and O–H groups in total. The van der Waals surface area contributed by atoms with Crippen LogP contribution in [-0.2, 0) is 0 Å². The third kappa shape index (κ3) is 3.23. The molecule has 4 heteroatoms. The van der Waals surface area contributed by atoms with E-state index in [0.717, 1.165) is 10.6 Å². The second kappa shape index (κ2) is 5.87. The highest BCUT2D eigenvalue weighted by molar-refractivity contribution is 4.81. The van der Waals surface area contributed by atoms with Gasteiger partial charge in [-0.1, -0.05) is 0 Å². The zero-order chi connectivity index (χ0) is 13.2. The highest BCUT2D eigenvalue weighted by Crippen LogP contribution is 2.20. The first-order valence-corrected chi connectivity index (χ1v) is 7.54. The van der Waals surface area contributed by atoms with Gasteiger partial charge in [0.25, 0.3) is 0 Å². The third-order valence-corrected chi connectivity index (χ3v) is 5.03. The van der Waals surface area contributed by atoms with Gasteiger partial charge in [-0.25, -0.2) is 4.59 Å². The SMILES string of the molecule is CC[N+](C)(C)N1CCC(N2CCN(C)CC2)CC1. The summed E-state index contributed by atoms with van der Waals surface area (Å²) in [4.78, 5) is 5.17. The topological polar surface area (TPSA) is 9.72 Å². The lowest BCUT2D eigenvalue weighted by molar-refractivity contribution is -1.00. The summed E-state index contributed by atoms with van der Waals surface area (Å²) in [6.07, 6.45) is 2.71. The number of hydrogen-bond donors (Lipinski definition) is 0. The maximum atomic E-state index is 2.73. The molecule has 4 nitrogen and oxygen atoms in total. The number of nitrogens with zero attached hydrogens (tertiary/aromatic N) is 4. The molecular formula is C14H31N4+. The van der Waals surface area contributed by atoms with Gasteiger partial charge in [0.1, 0.15) is 0 Å². The van der Waals surface area contributed by atoms with Gasteiger partial charge in [-0.15, -0.1) is 0 Å². The molecule has 2 rings (SSSR count). The lowest BCUT2D eigenvalue weighted by Gasteiger charge is -2.46. The smallest absolute Gasteiger partial charge is 0.0931 e. The van der Waals surface area contributed by atoms with Crippen molar-refractivity contribution in [1.29, 1.82) is 0 Å². The predicted molar refractivity (Wildman–Crippen MR) is 76.3 cm³/mol. The van der Waals surface area contributed by atoms with Crippen molar-refractivity contribution >= 4 is 0 Å². The fourth-order valence-electron chi connectivity index (χ4n) is 3.15. The van der Waals surface area contributed by atoms with Crippen molar-refractivity contribution in [3.63, 3.8) is 0 Å². The van der Waals surface area contributed by atoms with E-state index < -0.39 is 0 Å². The number of piperazine rings is 1. The van der Waals surface area contributed by atoms with Crippen LogP contribution in [0.3, 0.4) is 0 Å².